The topological polar surface area (TPSA) is 69.5 Å². The summed E-state index contributed by atoms with van der Waals surface area (Å²) in [4.78, 5) is 14.3. The molecule has 1 saturated heterocycles. The van der Waals surface area contributed by atoms with Crippen molar-refractivity contribution in [2.24, 2.45) is 0 Å². The van der Waals surface area contributed by atoms with Crippen molar-refractivity contribution in [3.05, 3.63) is 30.1 Å². The predicted molar refractivity (Wildman–Crippen MR) is 104 cm³/mol. The Balaban J connectivity index is 1.57. The molecule has 7 nitrogen and oxygen atoms in total. The summed E-state index contributed by atoms with van der Waals surface area (Å²) in [7, 11) is 1.63. The van der Waals surface area contributed by atoms with Crippen molar-refractivity contribution < 1.29 is 14.3 Å². The summed E-state index contributed by atoms with van der Waals surface area (Å²) < 4.78 is 13.0. The lowest BCUT2D eigenvalue weighted by atomic mass is 10.1. The number of carbonyl (C=O) groups excluding carboxylic acids is 1. The van der Waals surface area contributed by atoms with E-state index < -0.39 is 0 Å². The van der Waals surface area contributed by atoms with E-state index in [-0.39, 0.29) is 5.91 Å². The number of hydrogen-bond donors (Lipinski definition) is 0. The number of piperidine rings is 1. The van der Waals surface area contributed by atoms with Gasteiger partial charge in [0, 0.05) is 25.7 Å². The molecule has 8 heteroatoms. The molecular formula is C19H26N4O3S. The van der Waals surface area contributed by atoms with Gasteiger partial charge in [-0.2, -0.15) is 0 Å². The first kappa shape index (κ1) is 19.5. The number of carbonyl (C=O) groups is 1. The molecule has 0 radical (unpaired) electrons. The maximum atomic E-state index is 12.4. The Hall–Kier alpha value is -2.22. The van der Waals surface area contributed by atoms with Crippen LogP contribution in [0.4, 0.5) is 0 Å². The molecule has 0 bridgehead atoms. The molecule has 1 aliphatic heterocycles. The number of methoxy groups -OCH3 is 1. The Morgan fingerprint density at radius 3 is 2.70 bits per heavy atom. The van der Waals surface area contributed by atoms with E-state index in [0.717, 1.165) is 55.0 Å². The lowest BCUT2D eigenvalue weighted by Gasteiger charge is -2.26. The highest BCUT2D eigenvalue weighted by Crippen LogP contribution is 2.22. The fraction of sp³-hybridized carbons (Fsp3) is 0.526. The van der Waals surface area contributed by atoms with E-state index in [4.69, 9.17) is 9.47 Å². The van der Waals surface area contributed by atoms with E-state index in [9.17, 15) is 4.79 Å². The molecule has 1 aromatic heterocycles. The average molecular weight is 391 g/mol. The average Bonchev–Trinajstić information content (AvgIpc) is 3.13. The number of aromatic nitrogens is 3. The molecule has 146 valence electrons. The van der Waals surface area contributed by atoms with Gasteiger partial charge < -0.3 is 18.9 Å². The molecule has 1 aromatic carbocycles. The number of likely N-dealkylation sites (tertiary alicyclic amines) is 1. The fourth-order valence-electron chi connectivity index (χ4n) is 3.05. The monoisotopic (exact) mass is 390 g/mol. The van der Waals surface area contributed by atoms with Crippen molar-refractivity contribution in [1.29, 1.82) is 0 Å². The number of amides is 1. The van der Waals surface area contributed by atoms with Crippen LogP contribution in [0.25, 0.3) is 0 Å². The van der Waals surface area contributed by atoms with Crippen LogP contribution in [0.1, 0.15) is 32.0 Å². The molecule has 0 atom stereocenters. The predicted octanol–water partition coefficient (Wildman–Crippen LogP) is 2.99. The summed E-state index contributed by atoms with van der Waals surface area (Å²) in [6.45, 7) is 4.83. The van der Waals surface area contributed by atoms with Gasteiger partial charge in [-0.25, -0.2) is 0 Å². The molecule has 2 aromatic rings. The molecule has 1 fully saturated rings. The third-order valence-electron chi connectivity index (χ3n) is 4.55. The molecule has 27 heavy (non-hydrogen) atoms. The van der Waals surface area contributed by atoms with E-state index in [1.54, 1.807) is 7.11 Å². The minimum Gasteiger partial charge on any atom is -0.497 e. The van der Waals surface area contributed by atoms with Gasteiger partial charge in [0.1, 0.15) is 18.1 Å². The van der Waals surface area contributed by atoms with Crippen LogP contribution in [-0.2, 0) is 17.9 Å². The van der Waals surface area contributed by atoms with Crippen molar-refractivity contribution in [3.8, 4) is 11.5 Å². The summed E-state index contributed by atoms with van der Waals surface area (Å²) in [5.41, 5.74) is 0. The molecule has 1 aliphatic rings. The van der Waals surface area contributed by atoms with Crippen LogP contribution < -0.4 is 9.47 Å². The molecule has 0 N–H and O–H groups in total. The first-order valence-corrected chi connectivity index (χ1v) is 10.3. The molecular weight excluding hydrogens is 364 g/mol. The quantitative estimate of drug-likeness (QED) is 0.646. The molecule has 0 unspecified atom stereocenters. The van der Waals surface area contributed by atoms with Gasteiger partial charge in [0.15, 0.2) is 11.0 Å². The number of benzene rings is 1. The molecule has 3 rings (SSSR count). The minimum absolute atomic E-state index is 0.180. The standard InChI is InChI=1S/C19H26N4O3S/c1-3-23-17(13-26-16-9-7-8-15(12-16)25-2)20-21-19(23)27-14-18(24)22-10-5-4-6-11-22/h7-9,12H,3-6,10-11,13-14H2,1-2H3. The summed E-state index contributed by atoms with van der Waals surface area (Å²) >= 11 is 1.44. The first-order chi connectivity index (χ1) is 13.2. The number of rotatable bonds is 8. The highest BCUT2D eigenvalue weighted by molar-refractivity contribution is 7.99. The first-order valence-electron chi connectivity index (χ1n) is 9.30. The van der Waals surface area contributed by atoms with Gasteiger partial charge in [-0.1, -0.05) is 17.8 Å². The van der Waals surface area contributed by atoms with Gasteiger partial charge in [0.2, 0.25) is 5.91 Å². The second-order valence-electron chi connectivity index (χ2n) is 6.34. The van der Waals surface area contributed by atoms with Crippen molar-refractivity contribution >= 4 is 17.7 Å². The molecule has 0 saturated carbocycles. The number of hydrogen-bond acceptors (Lipinski definition) is 6. The smallest absolute Gasteiger partial charge is 0.233 e. The van der Waals surface area contributed by atoms with Crippen LogP contribution in [0.5, 0.6) is 11.5 Å². The number of thioether (sulfide) groups is 1. The van der Waals surface area contributed by atoms with Crippen molar-refractivity contribution in [3.63, 3.8) is 0 Å². The van der Waals surface area contributed by atoms with Crippen LogP contribution in [-0.4, -0.2) is 51.5 Å². The van der Waals surface area contributed by atoms with Gasteiger partial charge in [-0.3, -0.25) is 4.79 Å². The Labute approximate surface area is 164 Å². The van der Waals surface area contributed by atoms with Crippen LogP contribution in [0.15, 0.2) is 29.4 Å². The van der Waals surface area contributed by atoms with Crippen molar-refractivity contribution in [2.45, 2.75) is 44.5 Å². The zero-order chi connectivity index (χ0) is 19.1. The Bertz CT molecular complexity index is 759. The Morgan fingerprint density at radius 1 is 1.19 bits per heavy atom. The Kier molecular flexibility index (Phi) is 6.98. The zero-order valence-electron chi connectivity index (χ0n) is 15.9. The van der Waals surface area contributed by atoms with Gasteiger partial charge in [-0.05, 0) is 38.3 Å². The summed E-state index contributed by atoms with van der Waals surface area (Å²) in [6, 6.07) is 7.46. The molecule has 1 amide bonds. The molecule has 0 spiro atoms. The third-order valence-corrected chi connectivity index (χ3v) is 5.50. The van der Waals surface area contributed by atoms with E-state index in [0.29, 0.717) is 12.4 Å². The van der Waals surface area contributed by atoms with E-state index in [2.05, 4.69) is 10.2 Å². The Morgan fingerprint density at radius 2 is 1.96 bits per heavy atom. The summed E-state index contributed by atoms with van der Waals surface area (Å²) in [6.07, 6.45) is 3.43. The largest absolute Gasteiger partial charge is 0.497 e. The normalized spacial score (nSPS) is 14.2. The summed E-state index contributed by atoms with van der Waals surface area (Å²) in [5, 5.41) is 9.25. The molecule has 2 heterocycles. The second-order valence-corrected chi connectivity index (χ2v) is 7.28. The van der Waals surface area contributed by atoms with Crippen molar-refractivity contribution in [1.82, 2.24) is 19.7 Å². The lowest BCUT2D eigenvalue weighted by molar-refractivity contribution is -0.129. The maximum absolute atomic E-state index is 12.4. The van der Waals surface area contributed by atoms with Crippen LogP contribution in [0.2, 0.25) is 0 Å². The summed E-state index contributed by atoms with van der Waals surface area (Å²) in [5.74, 6) is 2.79. The van der Waals surface area contributed by atoms with Gasteiger partial charge in [0.25, 0.3) is 0 Å². The van der Waals surface area contributed by atoms with Crippen LogP contribution in [0.3, 0.4) is 0 Å². The SMILES string of the molecule is CCn1c(COc2cccc(OC)c2)nnc1SCC(=O)N1CCCCC1. The maximum Gasteiger partial charge on any atom is 0.233 e. The van der Waals surface area contributed by atoms with Gasteiger partial charge in [0.05, 0.1) is 12.9 Å². The third kappa shape index (κ3) is 5.15. The van der Waals surface area contributed by atoms with E-state index in [1.165, 1.54) is 18.2 Å². The fourth-order valence-corrected chi connectivity index (χ4v) is 3.97. The van der Waals surface area contributed by atoms with Gasteiger partial charge >= 0.3 is 0 Å². The van der Waals surface area contributed by atoms with E-state index >= 15 is 0 Å². The highest BCUT2D eigenvalue weighted by Gasteiger charge is 2.19. The van der Waals surface area contributed by atoms with Crippen LogP contribution >= 0.6 is 11.8 Å². The highest BCUT2D eigenvalue weighted by atomic mass is 32.2. The number of nitrogens with zero attached hydrogens (tertiary/aromatic N) is 4. The lowest BCUT2D eigenvalue weighted by Crippen LogP contribution is -2.36. The minimum atomic E-state index is 0.180. The number of ether oxygens (including phenoxy) is 2. The van der Waals surface area contributed by atoms with Crippen LogP contribution in [0, 0.1) is 0 Å². The van der Waals surface area contributed by atoms with Gasteiger partial charge in [-0.15, -0.1) is 10.2 Å². The van der Waals surface area contributed by atoms with Crippen molar-refractivity contribution in [2.75, 3.05) is 26.0 Å². The molecule has 0 aliphatic carbocycles. The second kappa shape index (κ2) is 9.64. The zero-order valence-corrected chi connectivity index (χ0v) is 16.7. The van der Waals surface area contributed by atoms with E-state index in [1.807, 2.05) is 40.7 Å².